The van der Waals surface area contributed by atoms with E-state index in [9.17, 15) is 9.59 Å². The molecular formula is C26H20O6. The molecule has 0 amide bonds. The maximum absolute atomic E-state index is 13.0. The van der Waals surface area contributed by atoms with E-state index in [2.05, 4.69) is 6.58 Å². The number of Topliss-reactive ketones (excluding diaryl/α,β-unsaturated/α-hetero) is 1. The molecule has 0 aliphatic carbocycles. The number of ketones is 1. The topological polar surface area (TPSA) is 75.0 Å². The van der Waals surface area contributed by atoms with Crippen LogP contribution in [-0.4, -0.2) is 18.4 Å². The van der Waals surface area contributed by atoms with Crippen molar-refractivity contribution in [3.63, 3.8) is 0 Å². The average Bonchev–Trinajstić information content (AvgIpc) is 3.40. The van der Waals surface area contributed by atoms with Crippen molar-refractivity contribution in [2.45, 2.75) is 19.3 Å². The molecule has 0 saturated heterocycles. The molecule has 2 aliphatic rings. The standard InChI is InChI=1S/C26H20O6/c1-15(2)14-30-20-8-4-3-7-17(20)19-13-23(27)31-21-10-9-18-25(28)22(32-26(18)24(19)21)12-16-6-5-11-29-16/h3-12,19H,1,13-14H2,2H3/b22-12-/t19-/m1/s1. The Morgan fingerprint density at radius 1 is 1.12 bits per heavy atom. The molecule has 0 N–H and O–H groups in total. The zero-order valence-electron chi connectivity index (χ0n) is 17.4. The van der Waals surface area contributed by atoms with Crippen LogP contribution in [0.1, 0.15) is 46.5 Å². The largest absolute Gasteiger partial charge is 0.489 e. The summed E-state index contributed by atoms with van der Waals surface area (Å²) in [6.45, 7) is 6.13. The third-order valence-corrected chi connectivity index (χ3v) is 5.36. The van der Waals surface area contributed by atoms with Crippen LogP contribution in [0.3, 0.4) is 0 Å². The molecule has 5 rings (SSSR count). The van der Waals surface area contributed by atoms with E-state index < -0.39 is 5.92 Å². The van der Waals surface area contributed by atoms with E-state index in [1.165, 1.54) is 6.26 Å². The van der Waals surface area contributed by atoms with Crippen LogP contribution in [0, 0.1) is 0 Å². The first-order chi connectivity index (χ1) is 15.5. The molecule has 1 aromatic heterocycles. The highest BCUT2D eigenvalue weighted by molar-refractivity contribution is 6.15. The van der Waals surface area contributed by atoms with Crippen molar-refractivity contribution in [1.82, 2.24) is 0 Å². The number of rotatable bonds is 5. The minimum Gasteiger partial charge on any atom is -0.489 e. The Hall–Kier alpha value is -4.06. The zero-order chi connectivity index (χ0) is 22.2. The first-order valence-electron chi connectivity index (χ1n) is 10.2. The lowest BCUT2D eigenvalue weighted by Gasteiger charge is -2.27. The predicted octanol–water partition coefficient (Wildman–Crippen LogP) is 5.29. The van der Waals surface area contributed by atoms with Crippen molar-refractivity contribution in [2.75, 3.05) is 6.61 Å². The Balaban J connectivity index is 1.61. The van der Waals surface area contributed by atoms with Gasteiger partial charge in [-0.25, -0.2) is 0 Å². The van der Waals surface area contributed by atoms with Gasteiger partial charge in [-0.2, -0.15) is 0 Å². The summed E-state index contributed by atoms with van der Waals surface area (Å²) in [5.41, 5.74) is 2.78. The van der Waals surface area contributed by atoms with Crippen LogP contribution in [0.4, 0.5) is 0 Å². The van der Waals surface area contributed by atoms with Crippen LogP contribution >= 0.6 is 0 Å². The van der Waals surface area contributed by atoms with E-state index in [0.717, 1.165) is 11.1 Å². The summed E-state index contributed by atoms with van der Waals surface area (Å²) in [5, 5.41) is 0. The van der Waals surface area contributed by atoms with E-state index in [-0.39, 0.29) is 23.9 Å². The fraction of sp³-hybridized carbons (Fsp3) is 0.154. The summed E-state index contributed by atoms with van der Waals surface area (Å²) < 4.78 is 22.8. The smallest absolute Gasteiger partial charge is 0.312 e. The Labute approximate surface area is 184 Å². The maximum Gasteiger partial charge on any atom is 0.312 e. The minimum absolute atomic E-state index is 0.103. The van der Waals surface area contributed by atoms with Gasteiger partial charge in [0.25, 0.3) is 0 Å². The zero-order valence-corrected chi connectivity index (χ0v) is 17.4. The molecule has 6 heteroatoms. The van der Waals surface area contributed by atoms with Crippen molar-refractivity contribution < 1.29 is 28.2 Å². The normalized spacial score (nSPS) is 18.0. The van der Waals surface area contributed by atoms with Crippen LogP contribution in [0.2, 0.25) is 0 Å². The number of para-hydroxylation sites is 1. The molecule has 160 valence electrons. The van der Waals surface area contributed by atoms with E-state index in [4.69, 9.17) is 18.6 Å². The Bertz CT molecular complexity index is 1270. The Kier molecular flexibility index (Phi) is 4.90. The van der Waals surface area contributed by atoms with E-state index in [0.29, 0.717) is 40.7 Å². The van der Waals surface area contributed by atoms with Crippen LogP contribution in [-0.2, 0) is 4.79 Å². The molecule has 2 aromatic carbocycles. The van der Waals surface area contributed by atoms with Crippen molar-refractivity contribution in [3.05, 3.63) is 95.2 Å². The molecule has 3 heterocycles. The van der Waals surface area contributed by atoms with Crippen LogP contribution < -0.4 is 14.2 Å². The second-order valence-electron chi connectivity index (χ2n) is 7.82. The first-order valence-corrected chi connectivity index (χ1v) is 10.2. The SMILES string of the molecule is C=C(C)COc1ccccc1[C@H]1CC(=O)Oc2ccc3c(c21)O/C(=C\c1ccco1)C3=O. The maximum atomic E-state index is 13.0. The fourth-order valence-corrected chi connectivity index (χ4v) is 3.98. The van der Waals surface area contributed by atoms with Gasteiger partial charge in [-0.15, -0.1) is 0 Å². The molecule has 0 saturated carbocycles. The highest BCUT2D eigenvalue weighted by Crippen LogP contribution is 2.50. The number of hydrogen-bond acceptors (Lipinski definition) is 6. The van der Waals surface area contributed by atoms with Crippen LogP contribution in [0.15, 0.2) is 77.1 Å². The number of fused-ring (bicyclic) bond motifs is 3. The number of esters is 1. The summed E-state index contributed by atoms with van der Waals surface area (Å²) in [7, 11) is 0. The molecule has 2 aliphatic heterocycles. The Morgan fingerprint density at radius 3 is 2.75 bits per heavy atom. The third kappa shape index (κ3) is 3.50. The van der Waals surface area contributed by atoms with Crippen LogP contribution in [0.5, 0.6) is 17.2 Å². The number of hydrogen-bond donors (Lipinski definition) is 0. The molecule has 0 radical (unpaired) electrons. The summed E-state index contributed by atoms with van der Waals surface area (Å²) in [6.07, 6.45) is 3.19. The highest BCUT2D eigenvalue weighted by atomic mass is 16.5. The first kappa shape index (κ1) is 19.9. The highest BCUT2D eigenvalue weighted by Gasteiger charge is 2.39. The lowest BCUT2D eigenvalue weighted by molar-refractivity contribution is -0.135. The molecule has 6 nitrogen and oxygen atoms in total. The second-order valence-corrected chi connectivity index (χ2v) is 7.82. The molecule has 1 atom stereocenters. The van der Waals surface area contributed by atoms with Crippen LogP contribution in [0.25, 0.3) is 6.08 Å². The summed E-state index contributed by atoms with van der Waals surface area (Å²) in [6, 6.07) is 14.3. The molecule has 0 unspecified atom stereocenters. The van der Waals surface area contributed by atoms with Gasteiger partial charge in [-0.1, -0.05) is 24.8 Å². The number of benzene rings is 2. The molecular weight excluding hydrogens is 408 g/mol. The number of carbonyl (C=O) groups excluding carboxylic acids is 2. The molecule has 0 spiro atoms. The van der Waals surface area contributed by atoms with Gasteiger partial charge in [-0.3, -0.25) is 9.59 Å². The summed E-state index contributed by atoms with van der Waals surface area (Å²) in [4.78, 5) is 25.4. The van der Waals surface area contributed by atoms with Gasteiger partial charge >= 0.3 is 5.97 Å². The monoisotopic (exact) mass is 428 g/mol. The predicted molar refractivity (Wildman–Crippen MR) is 117 cm³/mol. The van der Waals surface area contributed by atoms with Gasteiger partial charge < -0.3 is 18.6 Å². The molecule has 32 heavy (non-hydrogen) atoms. The minimum atomic E-state index is -0.390. The van der Waals surface area contributed by atoms with Gasteiger partial charge in [0.2, 0.25) is 5.78 Å². The van der Waals surface area contributed by atoms with Crippen molar-refractivity contribution in [2.24, 2.45) is 0 Å². The van der Waals surface area contributed by atoms with Crippen molar-refractivity contribution in [3.8, 4) is 17.2 Å². The van der Waals surface area contributed by atoms with E-state index >= 15 is 0 Å². The van der Waals surface area contributed by atoms with Gasteiger partial charge in [0.15, 0.2) is 5.76 Å². The molecule has 0 fully saturated rings. The third-order valence-electron chi connectivity index (χ3n) is 5.36. The number of furan rings is 1. The van der Waals surface area contributed by atoms with Gasteiger partial charge in [0, 0.05) is 23.1 Å². The average molecular weight is 428 g/mol. The summed E-state index contributed by atoms with van der Waals surface area (Å²) in [5.74, 6) is 1.11. The van der Waals surface area contributed by atoms with Gasteiger partial charge in [-0.05, 0) is 42.8 Å². The lowest BCUT2D eigenvalue weighted by atomic mass is 9.84. The van der Waals surface area contributed by atoms with Crippen molar-refractivity contribution in [1.29, 1.82) is 0 Å². The van der Waals surface area contributed by atoms with E-state index in [1.54, 1.807) is 30.3 Å². The molecule has 3 aromatic rings. The second kappa shape index (κ2) is 7.89. The van der Waals surface area contributed by atoms with E-state index in [1.807, 2.05) is 31.2 Å². The molecule has 0 bridgehead atoms. The lowest BCUT2D eigenvalue weighted by Crippen LogP contribution is -2.22. The number of allylic oxidation sites excluding steroid dienone is 1. The Morgan fingerprint density at radius 2 is 1.97 bits per heavy atom. The van der Waals surface area contributed by atoms with Crippen molar-refractivity contribution >= 4 is 17.8 Å². The van der Waals surface area contributed by atoms with Gasteiger partial charge in [0.1, 0.15) is 29.6 Å². The quantitative estimate of drug-likeness (QED) is 0.238. The number of ether oxygens (including phenoxy) is 3. The summed E-state index contributed by atoms with van der Waals surface area (Å²) >= 11 is 0. The number of carbonyl (C=O) groups is 2. The fourth-order valence-electron chi connectivity index (χ4n) is 3.98. The van der Waals surface area contributed by atoms with Gasteiger partial charge in [0.05, 0.1) is 18.2 Å².